The molecule has 2 aromatic rings. The maximum absolute atomic E-state index is 14.8. The van der Waals surface area contributed by atoms with E-state index in [-0.39, 0.29) is 132 Å². The average molecular weight is 1470 g/mol. The third-order valence-electron chi connectivity index (χ3n) is 20.3. The lowest BCUT2D eigenvalue weighted by Crippen LogP contribution is -2.60. The number of amides is 10. The summed E-state index contributed by atoms with van der Waals surface area (Å²) in [5, 5.41) is 24.1. The van der Waals surface area contributed by atoms with Crippen molar-refractivity contribution in [2.75, 3.05) is 54.5 Å². The predicted molar refractivity (Wildman–Crippen MR) is 386 cm³/mol. The number of hydrogen-bond donors (Lipinski definition) is 7. The number of alkyl halides is 3. The van der Waals surface area contributed by atoms with Crippen molar-refractivity contribution in [1.29, 1.82) is 0 Å². The Balaban J connectivity index is 1.31. The monoisotopic (exact) mass is 1470 g/mol. The zero-order chi connectivity index (χ0) is 77.9. The van der Waals surface area contributed by atoms with Crippen molar-refractivity contribution in [3.05, 3.63) is 71.3 Å². The van der Waals surface area contributed by atoms with Crippen molar-refractivity contribution in [1.82, 2.24) is 46.2 Å². The summed E-state index contributed by atoms with van der Waals surface area (Å²) in [5.41, 5.74) is 7.15. The molecule has 2 saturated heterocycles. The summed E-state index contributed by atoms with van der Waals surface area (Å²) in [5.74, 6) is -6.65. The number of rotatable bonds is 45. The molecule has 0 bridgehead atoms. The Labute approximate surface area is 612 Å². The third-order valence-corrected chi connectivity index (χ3v) is 20.3. The zero-order valence-corrected chi connectivity index (χ0v) is 63.8. The molecule has 10 amide bonds. The van der Waals surface area contributed by atoms with Crippen LogP contribution in [0, 0.1) is 41.4 Å². The Kier molecular flexibility index (Phi) is 36.9. The number of ketones is 2. The number of urea groups is 1. The molecule has 2 aliphatic heterocycles. The molecule has 0 radical (unpaired) electrons. The van der Waals surface area contributed by atoms with Gasteiger partial charge in [-0.05, 0) is 91.2 Å². The van der Waals surface area contributed by atoms with Gasteiger partial charge in [-0.3, -0.25) is 58.3 Å². The number of ether oxygens (including phenoxy) is 3. The molecule has 0 aliphatic carbocycles. The number of primary amides is 1. The maximum atomic E-state index is 14.8. The number of halogens is 3. The second kappa shape index (κ2) is 43.2. The number of Topliss-reactive ketones (excluding diaryl/α,β-unsaturated/α-hetero) is 2. The molecule has 0 spiro atoms. The van der Waals surface area contributed by atoms with Crippen LogP contribution in [-0.2, 0) is 70.4 Å². The standard InChI is InChI=1S/C76H119F3N10O15/c1-16-48(8)66(59(102-14)43-62(93)88-39-25-30-57(88)68(103-15)51(11)58(91)40-49(9)67(94)54-26-19-17-20-27-54)86(12)73(99)64(46(4)5)85-71(97)65(47(6)7)87(13)75(101)104-44-53-34-32-52(33-35-53)42-55(90)28-23-36-81-69(95)56(29-24-37-82-74(80)100)83-70(96)63(45(2)3)84-60(76(77,78)79)31-21-18-22-38-89-61(92)41-50(10)72(89)98/h17,19-20,26-27,32-35,45-51,56-57,59-60,63-68,84,94H,16,18,21-25,28-31,36-44H2,1-15H3,(H,81,95)(H,83,96)(H,85,97)(H3,80,82,100)/t48-,49-,50?,51-,56-,57-,59+,60-,63-,64-,65-,66-,67+,68+/m0/s1. The number of benzene rings is 2. The first kappa shape index (κ1) is 88.8. The molecule has 8 N–H and O–H groups in total. The maximum Gasteiger partial charge on any atom is 0.410 e. The number of carbonyl (C=O) groups is 11. The molecule has 28 heteroatoms. The molecule has 0 aromatic heterocycles. The van der Waals surface area contributed by atoms with Gasteiger partial charge in [-0.25, -0.2) is 9.59 Å². The van der Waals surface area contributed by atoms with Crippen LogP contribution < -0.4 is 32.3 Å². The van der Waals surface area contributed by atoms with Gasteiger partial charge in [0.2, 0.25) is 41.4 Å². The van der Waals surface area contributed by atoms with Gasteiger partial charge in [-0.15, -0.1) is 0 Å². The molecule has 2 aromatic carbocycles. The van der Waals surface area contributed by atoms with E-state index in [9.17, 15) is 71.0 Å². The number of nitrogens with zero attached hydrogens (tertiary/aromatic N) is 4. The lowest BCUT2D eigenvalue weighted by atomic mass is 9.85. The molecule has 14 atom stereocenters. The van der Waals surface area contributed by atoms with Gasteiger partial charge in [-0.1, -0.05) is 150 Å². The molecule has 584 valence electrons. The fraction of sp³-hybridized carbons (Fsp3) is 0.697. The Morgan fingerprint density at radius 3 is 1.92 bits per heavy atom. The number of aliphatic hydroxyl groups excluding tert-OH is 1. The zero-order valence-electron chi connectivity index (χ0n) is 63.8. The summed E-state index contributed by atoms with van der Waals surface area (Å²) in [6, 6.07) is 7.30. The highest BCUT2D eigenvalue weighted by atomic mass is 19.4. The van der Waals surface area contributed by atoms with Crippen molar-refractivity contribution in [2.45, 2.75) is 246 Å². The molecule has 2 heterocycles. The SMILES string of the molecule is CC[C@H](C)[C@@H]([C@@H](CC(=O)N1CCC[C@H]1[C@H](OC)[C@@H](C)C(=O)C[C@H](C)[C@@H](O)c1ccccc1)OC)N(C)C(=O)[C@@H](NC(=O)[C@H](C(C)C)N(C)C(=O)OCc1ccc(CC(=O)CCCNC(=O)[C@H](CCCNC(N)=O)NC(=O)[C@@H](N[C@@H](CCCCCN2C(=O)CC(C)C2=O)C(F)(F)F)C(C)C)cc1)C(C)C. The summed E-state index contributed by atoms with van der Waals surface area (Å²) in [4.78, 5) is 153. The predicted octanol–water partition coefficient (Wildman–Crippen LogP) is 8.11. The Hall–Kier alpha value is -7.56. The Morgan fingerprint density at radius 2 is 1.36 bits per heavy atom. The number of methoxy groups -OCH3 is 2. The number of hydrogen-bond acceptors (Lipinski definition) is 16. The van der Waals surface area contributed by atoms with Crippen LogP contribution in [0.3, 0.4) is 0 Å². The topological polar surface area (TPSA) is 335 Å². The largest absolute Gasteiger partial charge is 0.445 e. The highest BCUT2D eigenvalue weighted by Crippen LogP contribution is 2.33. The van der Waals surface area contributed by atoms with Gasteiger partial charge in [0.25, 0.3) is 0 Å². The first-order chi connectivity index (χ1) is 49.0. The van der Waals surface area contributed by atoms with Crippen molar-refractivity contribution >= 4 is 65.0 Å². The average Bonchev–Trinajstić information content (AvgIpc) is 1.31. The van der Waals surface area contributed by atoms with Crippen molar-refractivity contribution < 1.29 is 85.2 Å². The van der Waals surface area contributed by atoms with E-state index in [1.54, 1.807) is 96.5 Å². The lowest BCUT2D eigenvalue weighted by Gasteiger charge is -2.41. The number of aliphatic hydroxyl groups is 1. The van der Waals surface area contributed by atoms with E-state index >= 15 is 0 Å². The van der Waals surface area contributed by atoms with Crippen LogP contribution in [0.25, 0.3) is 0 Å². The van der Waals surface area contributed by atoms with Crippen molar-refractivity contribution in [2.24, 2.45) is 47.2 Å². The smallest absolute Gasteiger partial charge is 0.410 e. The highest BCUT2D eigenvalue weighted by molar-refractivity contribution is 6.03. The van der Waals surface area contributed by atoms with Gasteiger partial charge in [0, 0.05) is 92.0 Å². The molecule has 2 fully saturated rings. The van der Waals surface area contributed by atoms with E-state index < -0.39 is 132 Å². The van der Waals surface area contributed by atoms with E-state index in [4.69, 9.17) is 19.9 Å². The van der Waals surface area contributed by atoms with E-state index in [2.05, 4.69) is 26.6 Å². The highest BCUT2D eigenvalue weighted by Gasteiger charge is 2.46. The van der Waals surface area contributed by atoms with Gasteiger partial charge >= 0.3 is 18.3 Å². The van der Waals surface area contributed by atoms with Gasteiger partial charge < -0.3 is 56.1 Å². The number of imide groups is 1. The van der Waals surface area contributed by atoms with Crippen LogP contribution in [0.5, 0.6) is 0 Å². The number of likely N-dealkylation sites (N-methyl/N-ethyl adjacent to an activating group) is 2. The summed E-state index contributed by atoms with van der Waals surface area (Å²) in [7, 11) is 6.11. The van der Waals surface area contributed by atoms with Crippen LogP contribution in [0.15, 0.2) is 54.6 Å². The molecule has 104 heavy (non-hydrogen) atoms. The first-order valence-electron chi connectivity index (χ1n) is 36.9. The molecule has 1 unspecified atom stereocenters. The fourth-order valence-corrected chi connectivity index (χ4v) is 13.9. The second-order valence-corrected chi connectivity index (χ2v) is 29.4. The first-order valence-corrected chi connectivity index (χ1v) is 36.9. The minimum absolute atomic E-state index is 0.0115. The van der Waals surface area contributed by atoms with E-state index in [0.717, 1.165) is 10.5 Å². The number of unbranched alkanes of at least 4 members (excludes halogenated alkanes) is 2. The molecule has 25 nitrogen and oxygen atoms in total. The van der Waals surface area contributed by atoms with E-state index in [1.807, 2.05) is 51.1 Å². The lowest BCUT2D eigenvalue weighted by molar-refractivity contribution is -0.162. The van der Waals surface area contributed by atoms with Crippen LogP contribution in [0.2, 0.25) is 0 Å². The quantitative estimate of drug-likeness (QED) is 0.0243. The summed E-state index contributed by atoms with van der Waals surface area (Å²) >= 11 is 0. The summed E-state index contributed by atoms with van der Waals surface area (Å²) in [6.07, 6.45) is -4.96. The molecular weight excluding hydrogens is 1350 g/mol. The molecule has 0 saturated carbocycles. The van der Waals surface area contributed by atoms with E-state index in [1.165, 1.54) is 26.2 Å². The van der Waals surface area contributed by atoms with Crippen LogP contribution in [-0.4, -0.2) is 205 Å². The molecule has 2 aliphatic rings. The number of likely N-dealkylation sites (tertiary alicyclic amines) is 2. The van der Waals surface area contributed by atoms with Gasteiger partial charge in [0.05, 0.1) is 42.9 Å². The summed E-state index contributed by atoms with van der Waals surface area (Å²) in [6.45, 7) is 19.9. The third kappa shape index (κ3) is 26.8. The van der Waals surface area contributed by atoms with Crippen molar-refractivity contribution in [3.8, 4) is 0 Å². The van der Waals surface area contributed by atoms with Crippen LogP contribution in [0.1, 0.15) is 189 Å². The molecular formula is C76H119F3N10O15. The van der Waals surface area contributed by atoms with Crippen LogP contribution in [0.4, 0.5) is 22.8 Å². The molecule has 4 rings (SSSR count). The number of carbonyl (C=O) groups excluding carboxylic acids is 11. The Morgan fingerprint density at radius 1 is 0.721 bits per heavy atom. The fourth-order valence-electron chi connectivity index (χ4n) is 13.9. The number of nitrogens with two attached hydrogens (primary N) is 1. The van der Waals surface area contributed by atoms with Crippen molar-refractivity contribution in [3.63, 3.8) is 0 Å². The van der Waals surface area contributed by atoms with Gasteiger partial charge in [0.1, 0.15) is 42.3 Å². The van der Waals surface area contributed by atoms with E-state index in [0.29, 0.717) is 49.8 Å². The van der Waals surface area contributed by atoms with Gasteiger partial charge in [0.15, 0.2) is 0 Å². The minimum atomic E-state index is -4.74. The Bertz CT molecular complexity index is 3130. The number of nitrogens with one attached hydrogen (secondary N) is 5. The van der Waals surface area contributed by atoms with Gasteiger partial charge in [-0.2, -0.15) is 13.2 Å². The normalized spacial score (nSPS) is 18.3. The second-order valence-electron chi connectivity index (χ2n) is 29.4. The minimum Gasteiger partial charge on any atom is -0.445 e. The van der Waals surface area contributed by atoms with Crippen LogP contribution >= 0.6 is 0 Å². The summed E-state index contributed by atoms with van der Waals surface area (Å²) < 4.78 is 61.1.